The van der Waals surface area contributed by atoms with Crippen molar-refractivity contribution in [3.63, 3.8) is 0 Å². The average molecular weight is 226 g/mol. The molecule has 2 aromatic rings. The molecule has 0 N–H and O–H groups in total. The van der Waals surface area contributed by atoms with Gasteiger partial charge in [0.1, 0.15) is 5.38 Å². The van der Waals surface area contributed by atoms with Crippen molar-refractivity contribution in [2.24, 2.45) is 7.05 Å². The van der Waals surface area contributed by atoms with Crippen molar-refractivity contribution < 1.29 is 4.42 Å². The fourth-order valence-corrected chi connectivity index (χ4v) is 1.54. The van der Waals surface area contributed by atoms with Gasteiger partial charge >= 0.3 is 0 Å². The Balaban J connectivity index is 2.41. The van der Waals surface area contributed by atoms with E-state index in [1.54, 1.807) is 10.9 Å². The summed E-state index contributed by atoms with van der Waals surface area (Å²) in [7, 11) is 1.87. The van der Waals surface area contributed by atoms with Gasteiger partial charge in [0, 0.05) is 13.2 Å². The molecule has 0 fully saturated rings. The van der Waals surface area contributed by atoms with Crippen LogP contribution in [0.4, 0.5) is 0 Å². The monoisotopic (exact) mass is 225 g/mol. The quantitative estimate of drug-likeness (QED) is 0.738. The molecule has 2 heterocycles. The van der Waals surface area contributed by atoms with E-state index in [1.807, 2.05) is 27.1 Å². The van der Waals surface area contributed by atoms with Gasteiger partial charge in [0.25, 0.3) is 0 Å². The maximum absolute atomic E-state index is 5.87. The average Bonchev–Trinajstić information content (AvgIpc) is 2.71. The van der Waals surface area contributed by atoms with Crippen molar-refractivity contribution in [3.05, 3.63) is 24.0 Å². The fourth-order valence-electron chi connectivity index (χ4n) is 1.44. The van der Waals surface area contributed by atoms with E-state index in [2.05, 4.69) is 10.1 Å². The molecule has 5 heteroatoms. The van der Waals surface area contributed by atoms with E-state index >= 15 is 0 Å². The summed E-state index contributed by atoms with van der Waals surface area (Å²) in [6, 6.07) is 0. The van der Waals surface area contributed by atoms with Crippen LogP contribution < -0.4 is 0 Å². The molecule has 2 aromatic heterocycles. The van der Waals surface area contributed by atoms with E-state index in [1.165, 1.54) is 0 Å². The lowest BCUT2D eigenvalue weighted by Gasteiger charge is -1.94. The lowest BCUT2D eigenvalue weighted by atomic mass is 10.2. The molecule has 0 saturated carbocycles. The molecule has 0 aromatic carbocycles. The van der Waals surface area contributed by atoms with E-state index in [-0.39, 0.29) is 5.38 Å². The van der Waals surface area contributed by atoms with Crippen LogP contribution in [0.1, 0.15) is 23.9 Å². The van der Waals surface area contributed by atoms with Gasteiger partial charge in [0.15, 0.2) is 5.76 Å². The fraction of sp³-hybridized carbons (Fsp3) is 0.400. The van der Waals surface area contributed by atoms with E-state index in [0.717, 1.165) is 11.3 Å². The van der Waals surface area contributed by atoms with E-state index in [0.29, 0.717) is 11.7 Å². The maximum atomic E-state index is 5.87. The molecular weight excluding hydrogens is 214 g/mol. The summed E-state index contributed by atoms with van der Waals surface area (Å²) >= 11 is 5.87. The third kappa shape index (κ3) is 1.90. The number of oxazole rings is 1. The number of hydrogen-bond donors (Lipinski definition) is 0. The largest absolute Gasteiger partial charge is 0.439 e. The minimum absolute atomic E-state index is 0.212. The van der Waals surface area contributed by atoms with Gasteiger partial charge < -0.3 is 4.42 Å². The zero-order valence-corrected chi connectivity index (χ0v) is 9.62. The Morgan fingerprint density at radius 2 is 2.27 bits per heavy atom. The molecular formula is C10H12ClN3O. The van der Waals surface area contributed by atoms with Gasteiger partial charge in [-0.25, -0.2) is 4.98 Å². The van der Waals surface area contributed by atoms with Crippen molar-refractivity contribution in [2.75, 3.05) is 0 Å². The molecule has 0 aliphatic rings. The minimum atomic E-state index is -0.212. The van der Waals surface area contributed by atoms with Crippen LogP contribution in [0.25, 0.3) is 11.3 Å². The Morgan fingerprint density at radius 3 is 2.73 bits per heavy atom. The number of nitrogens with zero attached hydrogens (tertiary/aromatic N) is 3. The Morgan fingerprint density at radius 1 is 1.53 bits per heavy atom. The van der Waals surface area contributed by atoms with Crippen LogP contribution in [0.5, 0.6) is 0 Å². The van der Waals surface area contributed by atoms with E-state index < -0.39 is 0 Å². The number of aryl methyl sites for hydroxylation is 2. The Hall–Kier alpha value is -1.29. The summed E-state index contributed by atoms with van der Waals surface area (Å²) in [6.45, 7) is 3.76. The molecule has 1 unspecified atom stereocenters. The summed E-state index contributed by atoms with van der Waals surface area (Å²) in [5, 5.41) is 4.03. The summed E-state index contributed by atoms with van der Waals surface area (Å²) in [6.07, 6.45) is 3.58. The summed E-state index contributed by atoms with van der Waals surface area (Å²) in [4.78, 5) is 4.11. The summed E-state index contributed by atoms with van der Waals surface area (Å²) in [5.41, 5.74) is 1.87. The zero-order valence-electron chi connectivity index (χ0n) is 8.86. The highest BCUT2D eigenvalue weighted by Crippen LogP contribution is 2.26. The maximum Gasteiger partial charge on any atom is 0.212 e. The SMILES string of the molecule is Cc1nn(C)cc1-c1cnc(C(C)Cl)o1. The molecule has 4 nitrogen and oxygen atoms in total. The normalized spacial score (nSPS) is 13.1. The van der Waals surface area contributed by atoms with Crippen LogP contribution in [-0.4, -0.2) is 14.8 Å². The smallest absolute Gasteiger partial charge is 0.212 e. The van der Waals surface area contributed by atoms with E-state index in [9.17, 15) is 0 Å². The van der Waals surface area contributed by atoms with Gasteiger partial charge in [0.2, 0.25) is 5.89 Å². The minimum Gasteiger partial charge on any atom is -0.439 e. The number of alkyl halides is 1. The van der Waals surface area contributed by atoms with Gasteiger partial charge in [-0.05, 0) is 13.8 Å². The molecule has 0 amide bonds. The molecule has 0 bridgehead atoms. The Labute approximate surface area is 92.9 Å². The van der Waals surface area contributed by atoms with Crippen LogP contribution in [0.2, 0.25) is 0 Å². The van der Waals surface area contributed by atoms with Crippen LogP contribution in [0.3, 0.4) is 0 Å². The first-order chi connectivity index (χ1) is 7.08. The van der Waals surface area contributed by atoms with Crippen LogP contribution in [-0.2, 0) is 7.05 Å². The number of rotatable bonds is 2. The molecule has 0 saturated heterocycles. The van der Waals surface area contributed by atoms with Gasteiger partial charge in [-0.2, -0.15) is 5.10 Å². The first-order valence-corrected chi connectivity index (χ1v) is 5.12. The molecule has 15 heavy (non-hydrogen) atoms. The number of halogens is 1. The first kappa shape index (κ1) is 10.2. The Bertz CT molecular complexity index is 473. The first-order valence-electron chi connectivity index (χ1n) is 4.68. The van der Waals surface area contributed by atoms with Crippen LogP contribution in [0, 0.1) is 6.92 Å². The number of aromatic nitrogens is 3. The van der Waals surface area contributed by atoms with Gasteiger partial charge in [-0.3, -0.25) is 4.68 Å². The predicted molar refractivity (Wildman–Crippen MR) is 57.7 cm³/mol. The van der Waals surface area contributed by atoms with Crippen molar-refractivity contribution in [1.29, 1.82) is 0 Å². The summed E-state index contributed by atoms with van der Waals surface area (Å²) in [5.74, 6) is 1.25. The molecule has 2 rings (SSSR count). The highest BCUT2D eigenvalue weighted by Gasteiger charge is 2.13. The topological polar surface area (TPSA) is 43.9 Å². The van der Waals surface area contributed by atoms with Gasteiger partial charge in [0.05, 0.1) is 17.5 Å². The third-order valence-electron chi connectivity index (χ3n) is 2.14. The van der Waals surface area contributed by atoms with Crippen LogP contribution >= 0.6 is 11.6 Å². The molecule has 0 aliphatic heterocycles. The second-order valence-electron chi connectivity index (χ2n) is 3.48. The second-order valence-corrected chi connectivity index (χ2v) is 4.14. The number of hydrogen-bond acceptors (Lipinski definition) is 3. The van der Waals surface area contributed by atoms with Crippen molar-refractivity contribution in [3.8, 4) is 11.3 Å². The predicted octanol–water partition coefficient (Wildman–Crippen LogP) is 2.68. The molecule has 1 atom stereocenters. The van der Waals surface area contributed by atoms with Gasteiger partial charge in [-0.1, -0.05) is 0 Å². The molecule has 0 spiro atoms. The second kappa shape index (κ2) is 3.70. The van der Waals surface area contributed by atoms with Crippen molar-refractivity contribution in [1.82, 2.24) is 14.8 Å². The standard InChI is InChI=1S/C10H12ClN3O/c1-6(11)10-12-4-9(15-10)8-5-14(3)13-7(8)2/h4-6H,1-3H3. The highest BCUT2D eigenvalue weighted by atomic mass is 35.5. The molecule has 80 valence electrons. The highest BCUT2D eigenvalue weighted by molar-refractivity contribution is 6.20. The zero-order chi connectivity index (χ0) is 11.0. The lowest BCUT2D eigenvalue weighted by Crippen LogP contribution is -1.86. The van der Waals surface area contributed by atoms with Crippen molar-refractivity contribution >= 4 is 11.6 Å². The van der Waals surface area contributed by atoms with Gasteiger partial charge in [-0.15, -0.1) is 11.6 Å². The summed E-state index contributed by atoms with van der Waals surface area (Å²) < 4.78 is 7.28. The van der Waals surface area contributed by atoms with Crippen LogP contribution in [0.15, 0.2) is 16.8 Å². The third-order valence-corrected chi connectivity index (χ3v) is 2.33. The lowest BCUT2D eigenvalue weighted by molar-refractivity contribution is 0.508. The van der Waals surface area contributed by atoms with E-state index in [4.69, 9.17) is 16.0 Å². The Kier molecular flexibility index (Phi) is 2.52. The molecule has 0 aliphatic carbocycles. The van der Waals surface area contributed by atoms with Crippen molar-refractivity contribution in [2.45, 2.75) is 19.2 Å². The molecule has 0 radical (unpaired) electrons.